The molecule has 1 aromatic heterocycles. The van der Waals surface area contributed by atoms with Gasteiger partial charge in [0.05, 0.1) is 0 Å². The largest absolute Gasteiger partial charge is 0.458 e. The van der Waals surface area contributed by atoms with Crippen LogP contribution in [0.5, 0.6) is 0 Å². The van der Waals surface area contributed by atoms with Crippen LogP contribution >= 0.6 is 0 Å². The highest BCUT2D eigenvalue weighted by atomic mass is 16.6. The van der Waals surface area contributed by atoms with Crippen molar-refractivity contribution in [1.29, 1.82) is 0 Å². The molecule has 0 amide bonds. The summed E-state index contributed by atoms with van der Waals surface area (Å²) in [5, 5.41) is 1.09. The lowest BCUT2D eigenvalue weighted by atomic mass is 10.2. The van der Waals surface area contributed by atoms with Gasteiger partial charge < -0.3 is 4.42 Å². The fourth-order valence-corrected chi connectivity index (χ4v) is 1.42. The average molecular weight is 177 g/mol. The zero-order valence-corrected chi connectivity index (χ0v) is 7.41. The van der Waals surface area contributed by atoms with E-state index in [-0.39, 0.29) is 0 Å². The van der Waals surface area contributed by atoms with Crippen molar-refractivity contribution < 1.29 is 9.25 Å². The molecule has 0 aliphatic rings. The summed E-state index contributed by atoms with van der Waals surface area (Å²) < 4.78 is 5.53. The molecule has 3 heteroatoms. The van der Waals surface area contributed by atoms with Crippen LogP contribution in [0, 0.1) is 6.92 Å². The Morgan fingerprint density at radius 2 is 2.31 bits per heavy atom. The van der Waals surface area contributed by atoms with Crippen molar-refractivity contribution in [3.8, 4) is 0 Å². The summed E-state index contributed by atoms with van der Waals surface area (Å²) in [4.78, 5) is 4.50. The van der Waals surface area contributed by atoms with Gasteiger partial charge >= 0.3 is 0 Å². The van der Waals surface area contributed by atoms with Crippen molar-refractivity contribution in [2.24, 2.45) is 5.90 Å². The molecule has 13 heavy (non-hydrogen) atoms. The molecular formula is C10H11NO2. The SMILES string of the molecule is Cc1cccc2cc(CON)oc12. The predicted molar refractivity (Wildman–Crippen MR) is 49.9 cm³/mol. The first-order valence-corrected chi connectivity index (χ1v) is 4.11. The van der Waals surface area contributed by atoms with Crippen LogP contribution in [-0.4, -0.2) is 0 Å². The minimum atomic E-state index is 0.314. The molecule has 0 aliphatic carbocycles. The molecule has 0 saturated carbocycles. The highest BCUT2D eigenvalue weighted by Gasteiger charge is 2.04. The van der Waals surface area contributed by atoms with Crippen molar-refractivity contribution in [2.75, 3.05) is 0 Å². The van der Waals surface area contributed by atoms with Gasteiger partial charge in [-0.05, 0) is 18.6 Å². The first-order chi connectivity index (χ1) is 6.31. The number of para-hydroxylation sites is 1. The van der Waals surface area contributed by atoms with E-state index in [0.717, 1.165) is 22.3 Å². The summed E-state index contributed by atoms with van der Waals surface area (Å²) >= 11 is 0. The number of hydrogen-bond acceptors (Lipinski definition) is 3. The quantitative estimate of drug-likeness (QED) is 0.715. The van der Waals surface area contributed by atoms with Gasteiger partial charge in [-0.1, -0.05) is 18.2 Å². The average Bonchev–Trinajstić information content (AvgIpc) is 2.49. The number of aryl methyl sites for hydroxylation is 1. The van der Waals surface area contributed by atoms with Crippen LogP contribution in [0.1, 0.15) is 11.3 Å². The summed E-state index contributed by atoms with van der Waals surface area (Å²) in [7, 11) is 0. The Kier molecular flexibility index (Phi) is 2.04. The summed E-state index contributed by atoms with van der Waals surface area (Å²) in [5.41, 5.74) is 2.04. The van der Waals surface area contributed by atoms with Crippen LogP contribution in [0.15, 0.2) is 28.7 Å². The van der Waals surface area contributed by atoms with Gasteiger partial charge in [-0.2, -0.15) is 0 Å². The third-order valence-electron chi connectivity index (χ3n) is 2.02. The molecule has 0 aliphatic heterocycles. The van der Waals surface area contributed by atoms with E-state index in [1.165, 1.54) is 0 Å². The summed E-state index contributed by atoms with van der Waals surface area (Å²) in [6.45, 7) is 2.33. The van der Waals surface area contributed by atoms with Gasteiger partial charge in [0.2, 0.25) is 0 Å². The van der Waals surface area contributed by atoms with Crippen molar-refractivity contribution in [3.63, 3.8) is 0 Å². The highest BCUT2D eigenvalue weighted by Crippen LogP contribution is 2.22. The maximum Gasteiger partial charge on any atom is 0.137 e. The normalized spacial score (nSPS) is 10.9. The minimum Gasteiger partial charge on any atom is -0.458 e. The maximum absolute atomic E-state index is 5.53. The monoisotopic (exact) mass is 177 g/mol. The number of furan rings is 1. The van der Waals surface area contributed by atoms with Gasteiger partial charge in [0.25, 0.3) is 0 Å². The van der Waals surface area contributed by atoms with Crippen LogP contribution in [0.2, 0.25) is 0 Å². The third-order valence-corrected chi connectivity index (χ3v) is 2.02. The van der Waals surface area contributed by atoms with Crippen LogP contribution < -0.4 is 5.90 Å². The van der Waals surface area contributed by atoms with Crippen LogP contribution in [-0.2, 0) is 11.4 Å². The smallest absolute Gasteiger partial charge is 0.137 e. The Bertz CT molecular complexity index is 420. The molecule has 0 atom stereocenters. The second kappa shape index (κ2) is 3.20. The second-order valence-corrected chi connectivity index (χ2v) is 3.02. The molecule has 0 radical (unpaired) electrons. The van der Waals surface area contributed by atoms with E-state index in [9.17, 15) is 0 Å². The minimum absolute atomic E-state index is 0.314. The Balaban J connectivity index is 2.55. The summed E-state index contributed by atoms with van der Waals surface area (Å²) in [5.74, 6) is 5.72. The van der Waals surface area contributed by atoms with Crippen molar-refractivity contribution in [1.82, 2.24) is 0 Å². The molecule has 2 rings (SSSR count). The molecule has 1 heterocycles. The Hall–Kier alpha value is -1.32. The summed E-state index contributed by atoms with van der Waals surface area (Å²) in [6.07, 6.45) is 0. The fourth-order valence-electron chi connectivity index (χ4n) is 1.42. The van der Waals surface area contributed by atoms with Crippen LogP contribution in [0.3, 0.4) is 0 Å². The van der Waals surface area contributed by atoms with Gasteiger partial charge in [-0.15, -0.1) is 0 Å². The van der Waals surface area contributed by atoms with E-state index in [1.54, 1.807) is 0 Å². The zero-order valence-electron chi connectivity index (χ0n) is 7.41. The van der Waals surface area contributed by atoms with Gasteiger partial charge in [0.1, 0.15) is 18.0 Å². The fraction of sp³-hybridized carbons (Fsp3) is 0.200. The second-order valence-electron chi connectivity index (χ2n) is 3.02. The van der Waals surface area contributed by atoms with Crippen LogP contribution in [0.25, 0.3) is 11.0 Å². The lowest BCUT2D eigenvalue weighted by Crippen LogP contribution is -1.96. The highest BCUT2D eigenvalue weighted by molar-refractivity contribution is 5.80. The predicted octanol–water partition coefficient (Wildman–Crippen LogP) is 2.13. The number of benzene rings is 1. The van der Waals surface area contributed by atoms with E-state index < -0.39 is 0 Å². The summed E-state index contributed by atoms with van der Waals surface area (Å²) in [6, 6.07) is 7.96. The Labute approximate surface area is 76.0 Å². The molecule has 0 bridgehead atoms. The van der Waals surface area contributed by atoms with E-state index in [2.05, 4.69) is 4.84 Å². The third kappa shape index (κ3) is 1.43. The Morgan fingerprint density at radius 1 is 1.46 bits per heavy atom. The van der Waals surface area contributed by atoms with E-state index in [0.29, 0.717) is 6.61 Å². The van der Waals surface area contributed by atoms with Crippen LogP contribution in [0.4, 0.5) is 0 Å². The standard InChI is InChI=1S/C10H11NO2/c1-7-3-2-4-8-5-9(6-12-11)13-10(7)8/h2-5H,6,11H2,1H3. The molecule has 68 valence electrons. The van der Waals surface area contributed by atoms with Gasteiger partial charge in [0, 0.05) is 5.39 Å². The van der Waals surface area contributed by atoms with Crippen molar-refractivity contribution in [3.05, 3.63) is 35.6 Å². The number of fused-ring (bicyclic) bond motifs is 1. The van der Waals surface area contributed by atoms with Gasteiger partial charge in [-0.25, -0.2) is 5.90 Å². The lowest BCUT2D eigenvalue weighted by Gasteiger charge is -1.92. The molecule has 0 unspecified atom stereocenters. The first-order valence-electron chi connectivity index (χ1n) is 4.11. The lowest BCUT2D eigenvalue weighted by molar-refractivity contribution is 0.110. The molecule has 3 nitrogen and oxygen atoms in total. The number of hydrogen-bond donors (Lipinski definition) is 1. The molecule has 2 N–H and O–H groups in total. The van der Waals surface area contributed by atoms with E-state index >= 15 is 0 Å². The maximum atomic E-state index is 5.53. The zero-order chi connectivity index (χ0) is 9.26. The Morgan fingerprint density at radius 3 is 3.00 bits per heavy atom. The topological polar surface area (TPSA) is 48.4 Å². The molecule has 1 aromatic carbocycles. The van der Waals surface area contributed by atoms with Gasteiger partial charge in [-0.3, -0.25) is 4.84 Å². The molecular weight excluding hydrogens is 166 g/mol. The van der Waals surface area contributed by atoms with E-state index in [4.69, 9.17) is 10.3 Å². The van der Waals surface area contributed by atoms with Crippen molar-refractivity contribution in [2.45, 2.75) is 13.5 Å². The number of nitrogens with two attached hydrogens (primary N) is 1. The molecule has 0 saturated heterocycles. The van der Waals surface area contributed by atoms with Gasteiger partial charge in [0.15, 0.2) is 0 Å². The molecule has 0 spiro atoms. The van der Waals surface area contributed by atoms with Crippen molar-refractivity contribution >= 4 is 11.0 Å². The number of rotatable bonds is 2. The van der Waals surface area contributed by atoms with E-state index in [1.807, 2.05) is 31.2 Å². The molecule has 0 fully saturated rings. The first kappa shape index (κ1) is 8.29. The molecule has 2 aromatic rings.